The molecule has 0 aromatic rings. The van der Waals surface area contributed by atoms with Crippen LogP contribution < -0.4 is 11.1 Å². The van der Waals surface area contributed by atoms with Gasteiger partial charge in [0, 0.05) is 13.1 Å². The molecule has 0 radical (unpaired) electrons. The Bertz CT molecular complexity index is 325. The van der Waals surface area contributed by atoms with Gasteiger partial charge in [0.05, 0.1) is 23.7 Å². The number of ether oxygens (including phenoxy) is 1. The van der Waals surface area contributed by atoms with Crippen molar-refractivity contribution in [1.29, 1.82) is 0 Å². The molecular formula is C10H17N3O3S. The van der Waals surface area contributed by atoms with Gasteiger partial charge in [-0.25, -0.2) is 0 Å². The summed E-state index contributed by atoms with van der Waals surface area (Å²) in [6, 6.07) is 0. The van der Waals surface area contributed by atoms with Crippen LogP contribution in [0, 0.1) is 0 Å². The number of thiocarbonyl (C=S) groups is 1. The van der Waals surface area contributed by atoms with Crippen molar-refractivity contribution >= 4 is 29.0 Å². The Hall–Kier alpha value is -1.21. The summed E-state index contributed by atoms with van der Waals surface area (Å²) < 4.78 is 5.48. The Morgan fingerprint density at radius 3 is 2.41 bits per heavy atom. The van der Waals surface area contributed by atoms with Crippen LogP contribution in [0.4, 0.5) is 0 Å². The minimum absolute atomic E-state index is 0.0371. The highest BCUT2D eigenvalue weighted by molar-refractivity contribution is 7.80. The lowest BCUT2D eigenvalue weighted by Gasteiger charge is -2.34. The van der Waals surface area contributed by atoms with E-state index in [0.29, 0.717) is 13.1 Å². The van der Waals surface area contributed by atoms with E-state index in [1.54, 1.807) is 0 Å². The van der Waals surface area contributed by atoms with Crippen LogP contribution in [0.5, 0.6) is 0 Å². The zero-order valence-corrected chi connectivity index (χ0v) is 10.8. The van der Waals surface area contributed by atoms with Gasteiger partial charge < -0.3 is 20.7 Å². The predicted molar refractivity (Wildman–Crippen MR) is 66.4 cm³/mol. The van der Waals surface area contributed by atoms with Gasteiger partial charge in [-0.1, -0.05) is 12.2 Å². The third-order valence-corrected chi connectivity index (χ3v) is 2.47. The zero-order chi connectivity index (χ0) is 13.0. The van der Waals surface area contributed by atoms with Gasteiger partial charge in [0.15, 0.2) is 0 Å². The molecule has 1 aliphatic heterocycles. The molecule has 3 N–H and O–H groups in total. The summed E-state index contributed by atoms with van der Waals surface area (Å²) in [4.78, 5) is 24.9. The molecule has 6 nitrogen and oxygen atoms in total. The fourth-order valence-corrected chi connectivity index (χ4v) is 1.80. The average Bonchev–Trinajstić information content (AvgIpc) is 2.23. The van der Waals surface area contributed by atoms with E-state index in [0.717, 1.165) is 0 Å². The first-order valence-corrected chi connectivity index (χ1v) is 5.82. The van der Waals surface area contributed by atoms with Crippen LogP contribution in [0.1, 0.15) is 13.8 Å². The van der Waals surface area contributed by atoms with E-state index >= 15 is 0 Å². The van der Waals surface area contributed by atoms with Crippen molar-refractivity contribution < 1.29 is 14.3 Å². The van der Waals surface area contributed by atoms with Crippen LogP contribution in [0.3, 0.4) is 0 Å². The fraction of sp³-hybridized carbons (Fsp3) is 0.700. The number of amides is 2. The van der Waals surface area contributed by atoms with E-state index in [4.69, 9.17) is 10.5 Å². The van der Waals surface area contributed by atoms with Gasteiger partial charge in [0.25, 0.3) is 0 Å². The Balaban J connectivity index is 2.51. The van der Waals surface area contributed by atoms with Crippen LogP contribution in [0.2, 0.25) is 0 Å². The van der Waals surface area contributed by atoms with Gasteiger partial charge in [0.2, 0.25) is 0 Å². The predicted octanol–water partition coefficient (Wildman–Crippen LogP) is -0.975. The lowest BCUT2D eigenvalue weighted by atomic mass is 10.2. The smallest absolute Gasteiger partial charge is 0.312 e. The molecule has 2 amide bonds. The number of nitrogens with one attached hydrogen (secondary N) is 1. The number of hydrogen-bond donors (Lipinski definition) is 2. The van der Waals surface area contributed by atoms with E-state index in [1.807, 2.05) is 13.8 Å². The van der Waals surface area contributed by atoms with Crippen LogP contribution in [0.25, 0.3) is 0 Å². The molecule has 1 saturated heterocycles. The minimum atomic E-state index is -0.681. The maximum absolute atomic E-state index is 11.8. The molecule has 17 heavy (non-hydrogen) atoms. The van der Waals surface area contributed by atoms with Crippen LogP contribution in [-0.4, -0.2) is 53.5 Å². The first kappa shape index (κ1) is 13.9. The van der Waals surface area contributed by atoms with Gasteiger partial charge in [-0.05, 0) is 13.8 Å². The standard InChI is InChI=1S/C10H17N3O3S/c1-6-4-13(5-7(2)16-6)10(15)9(14)12-3-8(11)17/h6-7H,3-5H2,1-2H3,(H2,11,17)(H,12,14). The number of morpholine rings is 1. The van der Waals surface area contributed by atoms with Gasteiger partial charge in [-0.15, -0.1) is 0 Å². The second-order valence-corrected chi connectivity index (χ2v) is 4.64. The molecule has 0 spiro atoms. The Morgan fingerprint density at radius 2 is 1.94 bits per heavy atom. The number of nitrogens with two attached hydrogens (primary N) is 1. The summed E-state index contributed by atoms with van der Waals surface area (Å²) in [7, 11) is 0. The molecule has 0 saturated carbocycles. The van der Waals surface area contributed by atoms with E-state index in [-0.39, 0.29) is 23.7 Å². The zero-order valence-electron chi connectivity index (χ0n) is 9.93. The van der Waals surface area contributed by atoms with Crippen molar-refractivity contribution in [2.45, 2.75) is 26.1 Å². The molecule has 2 atom stereocenters. The summed E-state index contributed by atoms with van der Waals surface area (Å²) in [6.45, 7) is 4.61. The first-order chi connectivity index (χ1) is 7.90. The van der Waals surface area contributed by atoms with E-state index in [2.05, 4.69) is 17.5 Å². The third-order valence-electron chi connectivity index (χ3n) is 2.32. The van der Waals surface area contributed by atoms with Crippen molar-refractivity contribution in [3.63, 3.8) is 0 Å². The van der Waals surface area contributed by atoms with Crippen LogP contribution >= 0.6 is 12.2 Å². The lowest BCUT2D eigenvalue weighted by molar-refractivity contribution is -0.153. The molecule has 0 aromatic heterocycles. The summed E-state index contributed by atoms with van der Waals surface area (Å²) >= 11 is 4.61. The highest BCUT2D eigenvalue weighted by Gasteiger charge is 2.29. The highest BCUT2D eigenvalue weighted by Crippen LogP contribution is 2.10. The third kappa shape index (κ3) is 4.27. The fourth-order valence-electron chi connectivity index (χ4n) is 1.73. The molecule has 1 fully saturated rings. The van der Waals surface area contributed by atoms with Crippen LogP contribution in [-0.2, 0) is 14.3 Å². The Labute approximate surface area is 105 Å². The van der Waals surface area contributed by atoms with E-state index < -0.39 is 11.8 Å². The summed E-state index contributed by atoms with van der Waals surface area (Å²) in [6.07, 6.45) is -0.128. The molecule has 0 aromatic carbocycles. The minimum Gasteiger partial charge on any atom is -0.392 e. The number of nitrogens with zero attached hydrogens (tertiary/aromatic N) is 1. The number of hydrogen-bond acceptors (Lipinski definition) is 4. The van der Waals surface area contributed by atoms with E-state index in [9.17, 15) is 9.59 Å². The van der Waals surface area contributed by atoms with Gasteiger partial charge in [-0.2, -0.15) is 0 Å². The molecule has 0 bridgehead atoms. The largest absolute Gasteiger partial charge is 0.392 e. The summed E-state index contributed by atoms with van der Waals surface area (Å²) in [5.41, 5.74) is 5.24. The molecule has 2 unspecified atom stereocenters. The Kier molecular flexibility index (Phi) is 4.83. The average molecular weight is 259 g/mol. The summed E-state index contributed by atoms with van der Waals surface area (Å²) in [5.74, 6) is -1.25. The lowest BCUT2D eigenvalue weighted by Crippen LogP contribution is -2.53. The molecular weight excluding hydrogens is 242 g/mol. The second-order valence-electron chi connectivity index (χ2n) is 4.12. The van der Waals surface area contributed by atoms with Gasteiger partial charge >= 0.3 is 11.8 Å². The normalized spacial score (nSPS) is 24.2. The second kappa shape index (κ2) is 5.92. The Morgan fingerprint density at radius 1 is 1.41 bits per heavy atom. The molecule has 1 aliphatic rings. The van der Waals surface area contributed by atoms with Crippen molar-refractivity contribution in [3.05, 3.63) is 0 Å². The quantitative estimate of drug-likeness (QED) is 0.492. The first-order valence-electron chi connectivity index (χ1n) is 5.41. The monoisotopic (exact) mass is 259 g/mol. The maximum atomic E-state index is 11.8. The van der Waals surface area contributed by atoms with Crippen LogP contribution in [0.15, 0.2) is 0 Å². The molecule has 96 valence electrons. The van der Waals surface area contributed by atoms with Gasteiger partial charge in [0.1, 0.15) is 0 Å². The maximum Gasteiger partial charge on any atom is 0.312 e. The summed E-state index contributed by atoms with van der Waals surface area (Å²) in [5, 5.41) is 2.37. The van der Waals surface area contributed by atoms with Gasteiger partial charge in [-0.3, -0.25) is 9.59 Å². The molecule has 1 heterocycles. The molecule has 1 rings (SSSR count). The number of carbonyl (C=O) groups excluding carboxylic acids is 2. The number of carbonyl (C=O) groups is 2. The van der Waals surface area contributed by atoms with Crippen molar-refractivity contribution in [2.75, 3.05) is 19.6 Å². The van der Waals surface area contributed by atoms with Crippen molar-refractivity contribution in [3.8, 4) is 0 Å². The molecule has 7 heteroatoms. The van der Waals surface area contributed by atoms with Crippen molar-refractivity contribution in [1.82, 2.24) is 10.2 Å². The number of rotatable bonds is 2. The van der Waals surface area contributed by atoms with E-state index in [1.165, 1.54) is 4.90 Å². The van der Waals surface area contributed by atoms with Crippen molar-refractivity contribution in [2.24, 2.45) is 5.73 Å². The highest BCUT2D eigenvalue weighted by atomic mass is 32.1. The SMILES string of the molecule is CC1CN(C(=O)C(=O)NCC(N)=S)CC(C)O1. The molecule has 0 aliphatic carbocycles. The topological polar surface area (TPSA) is 84.7 Å².